The Bertz CT molecular complexity index is 1590. The number of Topliss-reactive ketones (excluding diaryl/α,β-unsaturated/α-hetero) is 1. The number of piperidine rings is 1. The summed E-state index contributed by atoms with van der Waals surface area (Å²) in [4.78, 5) is 13.0. The van der Waals surface area contributed by atoms with Gasteiger partial charge in [-0.3, -0.25) is 9.69 Å². The van der Waals surface area contributed by atoms with E-state index < -0.39 is 139 Å². The number of rotatable bonds is 6. The van der Waals surface area contributed by atoms with Crippen LogP contribution in [-0.4, -0.2) is 34.8 Å². The van der Waals surface area contributed by atoms with E-state index in [0.29, 0.717) is 0 Å². The van der Waals surface area contributed by atoms with E-state index in [1.807, 2.05) is 0 Å². The average Bonchev–Trinajstić information content (AvgIpc) is 2.90. The molecule has 0 aliphatic carbocycles. The van der Waals surface area contributed by atoms with Crippen LogP contribution < -0.4 is 0 Å². The third kappa shape index (κ3) is 4.56. The SMILES string of the molecule is [2H]c1c([2H])c([2H])c(C(=O)C[C@]2([2H])N(C([2H])([2H])[2H])[C@]([2H])(C[C@@]([2H])(O)c3c([2H])c([2H])c([2H])c([2H])c3[2H])C([2H])([2H])C([2H])([2H])C2([2H])[2H])c([2H])c1[2H]. The van der Waals surface area contributed by atoms with Gasteiger partial charge >= 0.3 is 0 Å². The molecule has 0 aromatic heterocycles. The molecule has 25 heavy (non-hydrogen) atoms. The van der Waals surface area contributed by atoms with Gasteiger partial charge in [0.2, 0.25) is 0 Å². The molecule has 3 rings (SSSR count). The zero-order valence-corrected chi connectivity index (χ0v) is 12.7. The van der Waals surface area contributed by atoms with Crippen LogP contribution in [0.15, 0.2) is 60.4 Å². The molecule has 0 saturated carbocycles. The molecule has 0 unspecified atom stereocenters. The van der Waals surface area contributed by atoms with Gasteiger partial charge < -0.3 is 5.11 Å². The maximum atomic E-state index is 13.6. The molecule has 2 aromatic rings. The van der Waals surface area contributed by atoms with Crippen molar-refractivity contribution in [3.63, 3.8) is 0 Å². The van der Waals surface area contributed by atoms with Crippen LogP contribution in [0, 0.1) is 0 Å². The largest absolute Gasteiger partial charge is 0.388 e. The summed E-state index contributed by atoms with van der Waals surface area (Å²) in [6.45, 7) is -4.06. The van der Waals surface area contributed by atoms with Gasteiger partial charge in [-0.15, -0.1) is 0 Å². The second-order valence-electron chi connectivity index (χ2n) is 4.83. The molecule has 2 aromatic carbocycles. The lowest BCUT2D eigenvalue weighted by Gasteiger charge is -2.40. The molecular weight excluding hydrogens is 310 g/mol. The van der Waals surface area contributed by atoms with Gasteiger partial charge in [-0.05, 0) is 31.7 Å². The van der Waals surface area contributed by atoms with Crippen molar-refractivity contribution >= 4 is 5.78 Å². The van der Waals surface area contributed by atoms with Gasteiger partial charge in [-0.2, -0.15) is 0 Å². The molecule has 1 fully saturated rings. The molecule has 1 heterocycles. The lowest BCUT2D eigenvalue weighted by molar-refractivity contribution is 0.0549. The fourth-order valence-electron chi connectivity index (χ4n) is 1.97. The van der Waals surface area contributed by atoms with Crippen LogP contribution in [0.1, 0.15) is 84.1 Å². The number of ketones is 1. The Morgan fingerprint density at radius 1 is 1.28 bits per heavy atom. The maximum absolute atomic E-state index is 13.6. The van der Waals surface area contributed by atoms with E-state index in [0.717, 1.165) is 0 Å². The van der Waals surface area contributed by atoms with Crippen molar-refractivity contribution in [3.05, 3.63) is 71.6 Å². The summed E-state index contributed by atoms with van der Waals surface area (Å²) in [6, 6.07) is -19.0. The molecule has 0 amide bonds. The topological polar surface area (TPSA) is 40.5 Å². The number of nitrogens with zero attached hydrogens (tertiary/aromatic N) is 1. The molecule has 132 valence electrons. The highest BCUT2D eigenvalue weighted by Crippen LogP contribution is 2.30. The number of likely N-dealkylation sites (tertiary alicyclic amines) is 1. The Balaban J connectivity index is 2.42. The number of hydrogen-bond acceptors (Lipinski definition) is 3. The molecule has 0 spiro atoms. The highest BCUT2D eigenvalue weighted by molar-refractivity contribution is 5.96. The van der Waals surface area contributed by atoms with Crippen LogP contribution in [0.25, 0.3) is 0 Å². The lowest BCUT2D eigenvalue weighted by atomic mass is 9.88. The van der Waals surface area contributed by atoms with Crippen molar-refractivity contribution in [1.29, 1.82) is 0 Å². The monoisotopic (exact) mass is 359 g/mol. The summed E-state index contributed by atoms with van der Waals surface area (Å²) in [6.07, 6.45) is -20.0. The number of hydrogen-bond donors (Lipinski definition) is 1. The average molecular weight is 360 g/mol. The first kappa shape index (κ1) is 5.05. The molecule has 1 N–H and O–H groups in total. The lowest BCUT2D eigenvalue weighted by Crippen LogP contribution is -2.45. The second kappa shape index (κ2) is 8.41. The molecule has 1 aliphatic rings. The van der Waals surface area contributed by atoms with Gasteiger partial charge in [0.25, 0.3) is 0 Å². The summed E-state index contributed by atoms with van der Waals surface area (Å²) in [7, 11) is 0. The van der Waals surface area contributed by atoms with Crippen LogP contribution in [0.4, 0.5) is 0 Å². The Labute approximate surface area is 181 Å². The maximum Gasteiger partial charge on any atom is 0.164 e. The summed E-state index contributed by atoms with van der Waals surface area (Å²) in [5.41, 5.74) is -2.46. The van der Waals surface area contributed by atoms with Crippen LogP contribution in [0.2, 0.25) is 0 Å². The first-order chi connectivity index (χ1) is 20.8. The zero-order chi connectivity index (χ0) is 37.0. The molecule has 3 nitrogen and oxygen atoms in total. The number of carbonyl (C=O) groups excluding carboxylic acids is 1. The van der Waals surface area contributed by atoms with Crippen LogP contribution in [-0.2, 0) is 0 Å². The summed E-state index contributed by atoms with van der Waals surface area (Å²) in [5.74, 6) is -1.71. The van der Waals surface area contributed by atoms with Gasteiger partial charge in [-0.1, -0.05) is 66.8 Å². The third-order valence-corrected chi connectivity index (χ3v) is 3.18. The van der Waals surface area contributed by atoms with E-state index in [1.165, 1.54) is 0 Å². The molecule has 3 atom stereocenters. The van der Waals surface area contributed by atoms with Gasteiger partial charge in [0.1, 0.15) is 0 Å². The van der Waals surface area contributed by atoms with Gasteiger partial charge in [0.05, 0.1) is 21.2 Å². The zero-order valence-electron chi connectivity index (χ0n) is 34.7. The van der Waals surface area contributed by atoms with Crippen LogP contribution in [0.5, 0.6) is 0 Å². The Morgan fingerprint density at radius 2 is 1.92 bits per heavy atom. The molecule has 1 aliphatic heterocycles. The Hall–Kier alpha value is -1.97. The normalized spacial score (nSPS) is 48.8. The smallest absolute Gasteiger partial charge is 0.164 e. The number of aliphatic hydroxyl groups is 1. The highest BCUT2D eigenvalue weighted by atomic mass is 16.3. The Morgan fingerprint density at radius 3 is 2.60 bits per heavy atom. The van der Waals surface area contributed by atoms with Crippen molar-refractivity contribution < 1.29 is 40.1 Å². The molecule has 0 bridgehead atoms. The Kier molecular flexibility index (Phi) is 1.70. The number of benzene rings is 2. The van der Waals surface area contributed by atoms with Crippen molar-refractivity contribution in [2.75, 3.05) is 6.98 Å². The van der Waals surface area contributed by atoms with Gasteiger partial charge in [-0.25, -0.2) is 0 Å². The van der Waals surface area contributed by atoms with Gasteiger partial charge in [0, 0.05) is 39.1 Å². The van der Waals surface area contributed by atoms with Crippen LogP contribution >= 0.6 is 0 Å². The second-order valence-corrected chi connectivity index (χ2v) is 4.83. The van der Waals surface area contributed by atoms with Gasteiger partial charge in [0.15, 0.2) is 5.78 Å². The van der Waals surface area contributed by atoms with Crippen LogP contribution in [0.3, 0.4) is 0 Å². The first-order valence-corrected chi connectivity index (χ1v) is 7.01. The van der Waals surface area contributed by atoms with E-state index in [1.54, 1.807) is 0 Å². The van der Waals surface area contributed by atoms with Crippen molar-refractivity contribution in [2.45, 2.75) is 50.1 Å². The summed E-state index contributed by atoms with van der Waals surface area (Å²) < 4.78 is 181. The number of carbonyl (C=O) groups is 1. The minimum Gasteiger partial charge on any atom is -0.388 e. The van der Waals surface area contributed by atoms with E-state index in [2.05, 4.69) is 0 Å². The van der Waals surface area contributed by atoms with Crippen molar-refractivity contribution in [3.8, 4) is 0 Å². The highest BCUT2D eigenvalue weighted by Gasteiger charge is 2.30. The third-order valence-electron chi connectivity index (χ3n) is 3.18. The predicted octanol–water partition coefficient (Wildman–Crippen LogP) is 4.24. The fraction of sp³-hybridized carbons (Fsp3) is 0.409. The quantitative estimate of drug-likeness (QED) is 0.785. The van der Waals surface area contributed by atoms with E-state index >= 15 is 0 Å². The van der Waals surface area contributed by atoms with E-state index in [9.17, 15) is 9.90 Å². The minimum absolute atomic E-state index is 0.587. The predicted molar refractivity (Wildman–Crippen MR) is 101 cm³/mol. The first-order valence-electron chi connectivity index (χ1n) is 18.0. The minimum atomic E-state index is -4.15. The molecular formula is C22H27NO2. The standard InChI is InChI=1S/C22H27NO2/c1-23-19(15-21(24)17-9-4-2-5-10-17)13-8-14-20(23)16-22(25)18-11-6-3-7-12-18/h2-7,9-12,19-21,24H,8,13-16H2,1H3/t19-,20+,21+/m0/s1/i1D3,2D,3D,4D,5D,6D,7D,8D2,9D,10D,11D,12D,13D2,14D2,19D,20D,21D. The summed E-state index contributed by atoms with van der Waals surface area (Å²) >= 11 is 0. The van der Waals surface area contributed by atoms with E-state index in [4.69, 9.17) is 30.2 Å². The van der Waals surface area contributed by atoms with Crippen molar-refractivity contribution in [2.24, 2.45) is 0 Å². The van der Waals surface area contributed by atoms with Crippen molar-refractivity contribution in [1.82, 2.24) is 4.90 Å². The fourth-order valence-corrected chi connectivity index (χ4v) is 1.97. The van der Waals surface area contributed by atoms with E-state index in [-0.39, 0.29) is 0 Å². The molecule has 1 saturated heterocycles. The molecule has 0 radical (unpaired) electrons. The summed E-state index contributed by atoms with van der Waals surface area (Å²) in [5, 5.41) is 11.3. The molecule has 3 heteroatoms.